The number of aliphatic carboxylic acids is 4. The van der Waals surface area contributed by atoms with Crippen LogP contribution in [0.5, 0.6) is 0 Å². The average molecular weight is 461 g/mol. The minimum absolute atomic E-state index is 0.231. The summed E-state index contributed by atoms with van der Waals surface area (Å²) in [7, 11) is 0. The van der Waals surface area contributed by atoms with Crippen LogP contribution in [0.3, 0.4) is 0 Å². The van der Waals surface area contributed by atoms with Crippen molar-refractivity contribution in [1.82, 2.24) is 19.6 Å². The third kappa shape index (κ3) is 11.9. The third-order valence-electron chi connectivity index (χ3n) is 5.31. The van der Waals surface area contributed by atoms with Crippen molar-refractivity contribution in [2.45, 2.75) is 26.3 Å². The van der Waals surface area contributed by atoms with Crippen molar-refractivity contribution in [1.29, 1.82) is 0 Å². The Morgan fingerprint density at radius 1 is 0.656 bits per heavy atom. The van der Waals surface area contributed by atoms with Gasteiger partial charge >= 0.3 is 23.9 Å². The number of hydrogen-bond donors (Lipinski definition) is 4. The van der Waals surface area contributed by atoms with E-state index in [1.54, 1.807) is 19.6 Å². The van der Waals surface area contributed by atoms with Gasteiger partial charge in [0, 0.05) is 51.9 Å². The second kappa shape index (κ2) is 14.0. The molecule has 0 spiro atoms. The fourth-order valence-corrected chi connectivity index (χ4v) is 3.93. The molecule has 1 fully saturated rings. The van der Waals surface area contributed by atoms with Gasteiger partial charge in [-0.3, -0.25) is 38.8 Å². The minimum Gasteiger partial charge on any atom is -0.480 e. The topological polar surface area (TPSA) is 162 Å². The molecule has 0 aromatic heterocycles. The van der Waals surface area contributed by atoms with Crippen LogP contribution in [0, 0.1) is 5.92 Å². The molecule has 0 aromatic rings. The number of carbonyl (C=O) groups is 4. The molecule has 1 rings (SSSR count). The van der Waals surface area contributed by atoms with Crippen LogP contribution in [0.15, 0.2) is 0 Å². The first-order chi connectivity index (χ1) is 15.0. The summed E-state index contributed by atoms with van der Waals surface area (Å²) in [4.78, 5) is 52.3. The summed E-state index contributed by atoms with van der Waals surface area (Å²) in [6, 6.07) is -0.246. The molecule has 32 heavy (non-hydrogen) atoms. The predicted octanol–water partition coefficient (Wildman–Crippen LogP) is -1.04. The maximum absolute atomic E-state index is 11.5. The number of carboxylic acids is 4. The van der Waals surface area contributed by atoms with Gasteiger partial charge < -0.3 is 20.4 Å². The molecule has 1 atom stereocenters. The van der Waals surface area contributed by atoms with Crippen molar-refractivity contribution in [3.05, 3.63) is 0 Å². The minimum atomic E-state index is -1.02. The molecular formula is C20H36N4O8. The molecular weight excluding hydrogens is 424 g/mol. The summed E-state index contributed by atoms with van der Waals surface area (Å²) in [5, 5.41) is 37.2. The molecule has 0 aromatic carbocycles. The second-order valence-corrected chi connectivity index (χ2v) is 8.62. The highest BCUT2D eigenvalue weighted by atomic mass is 16.4. The smallest absolute Gasteiger partial charge is 0.317 e. The van der Waals surface area contributed by atoms with E-state index in [9.17, 15) is 39.6 Å². The van der Waals surface area contributed by atoms with Crippen molar-refractivity contribution in [2.75, 3.05) is 72.0 Å². The van der Waals surface area contributed by atoms with Crippen LogP contribution < -0.4 is 0 Å². The summed E-state index contributed by atoms with van der Waals surface area (Å²) >= 11 is 0. The van der Waals surface area contributed by atoms with E-state index in [1.165, 1.54) is 0 Å². The standard InChI is InChI=1S/C20H36N4O8/c1-15(2)9-16-10-23(13-19(29)30)6-5-21(11-17(25)26)3-4-22(12-18(27)28)7-8-24(16)14-20(31)32/h15-16H,3-14H2,1-2H3,(H,25,26)(H,27,28)(H,29,30)(H,31,32). The Labute approximate surface area is 188 Å². The van der Waals surface area contributed by atoms with E-state index >= 15 is 0 Å². The zero-order valence-electron chi connectivity index (χ0n) is 18.9. The molecule has 12 nitrogen and oxygen atoms in total. The quantitative estimate of drug-likeness (QED) is 0.314. The molecule has 1 heterocycles. The SMILES string of the molecule is CC(C)CC1CN(CC(=O)O)CCN(CC(=O)O)CCN(CC(=O)O)CCN1CC(=O)O. The van der Waals surface area contributed by atoms with E-state index in [1.807, 2.05) is 13.8 Å². The Morgan fingerprint density at radius 2 is 1.03 bits per heavy atom. The molecule has 1 aliphatic rings. The molecule has 0 saturated carbocycles. The lowest BCUT2D eigenvalue weighted by Gasteiger charge is -2.38. The molecule has 0 radical (unpaired) electrons. The lowest BCUT2D eigenvalue weighted by Crippen LogP contribution is -2.53. The molecule has 1 aliphatic heterocycles. The van der Waals surface area contributed by atoms with E-state index in [4.69, 9.17) is 0 Å². The number of nitrogens with zero attached hydrogens (tertiary/aromatic N) is 4. The van der Waals surface area contributed by atoms with Crippen molar-refractivity contribution >= 4 is 23.9 Å². The lowest BCUT2D eigenvalue weighted by molar-refractivity contribution is -0.142. The maximum atomic E-state index is 11.5. The first kappa shape index (κ1) is 27.8. The highest BCUT2D eigenvalue weighted by molar-refractivity contribution is 5.70. The largest absolute Gasteiger partial charge is 0.480 e. The molecule has 0 aliphatic carbocycles. The van der Waals surface area contributed by atoms with Gasteiger partial charge in [-0.15, -0.1) is 0 Å². The van der Waals surface area contributed by atoms with Gasteiger partial charge in [0.05, 0.1) is 26.2 Å². The summed E-state index contributed by atoms with van der Waals surface area (Å²) in [6.07, 6.45) is 0.640. The van der Waals surface area contributed by atoms with Gasteiger partial charge in [0.2, 0.25) is 0 Å². The van der Waals surface area contributed by atoms with E-state index in [0.717, 1.165) is 0 Å². The van der Waals surface area contributed by atoms with Crippen LogP contribution in [-0.4, -0.2) is 142 Å². The van der Waals surface area contributed by atoms with Crippen LogP contribution in [-0.2, 0) is 19.2 Å². The molecule has 1 saturated heterocycles. The summed E-state index contributed by atoms with van der Waals surface area (Å²) in [5.74, 6) is -3.82. The van der Waals surface area contributed by atoms with E-state index in [2.05, 4.69) is 0 Å². The zero-order chi connectivity index (χ0) is 24.3. The summed E-state index contributed by atoms with van der Waals surface area (Å²) < 4.78 is 0. The molecule has 12 heteroatoms. The lowest BCUT2D eigenvalue weighted by atomic mass is 10.0. The second-order valence-electron chi connectivity index (χ2n) is 8.62. The average Bonchev–Trinajstić information content (AvgIpc) is 2.63. The van der Waals surface area contributed by atoms with Gasteiger partial charge in [0.25, 0.3) is 0 Å². The van der Waals surface area contributed by atoms with Gasteiger partial charge in [-0.25, -0.2) is 0 Å². The van der Waals surface area contributed by atoms with Crippen molar-refractivity contribution in [3.63, 3.8) is 0 Å². The number of rotatable bonds is 10. The van der Waals surface area contributed by atoms with Crippen LogP contribution >= 0.6 is 0 Å². The van der Waals surface area contributed by atoms with Gasteiger partial charge in [-0.05, 0) is 12.3 Å². The number of carboxylic acid groups (broad SMARTS) is 4. The molecule has 0 amide bonds. The van der Waals surface area contributed by atoms with Crippen LogP contribution in [0.2, 0.25) is 0 Å². The van der Waals surface area contributed by atoms with Gasteiger partial charge in [-0.2, -0.15) is 0 Å². The van der Waals surface area contributed by atoms with Crippen LogP contribution in [0.4, 0.5) is 0 Å². The van der Waals surface area contributed by atoms with Crippen molar-refractivity contribution < 1.29 is 39.6 Å². The van der Waals surface area contributed by atoms with Crippen LogP contribution in [0.1, 0.15) is 20.3 Å². The monoisotopic (exact) mass is 460 g/mol. The van der Waals surface area contributed by atoms with E-state index < -0.39 is 23.9 Å². The summed E-state index contributed by atoms with van der Waals surface area (Å²) in [5.41, 5.74) is 0. The highest BCUT2D eigenvalue weighted by Crippen LogP contribution is 2.15. The normalized spacial score (nSPS) is 21.0. The first-order valence-electron chi connectivity index (χ1n) is 10.7. The Balaban J connectivity index is 3.20. The third-order valence-corrected chi connectivity index (χ3v) is 5.31. The molecule has 184 valence electrons. The Kier molecular flexibility index (Phi) is 12.1. The summed E-state index contributed by atoms with van der Waals surface area (Å²) in [6.45, 7) is 5.19. The molecule has 1 unspecified atom stereocenters. The predicted molar refractivity (Wildman–Crippen MR) is 115 cm³/mol. The fourth-order valence-electron chi connectivity index (χ4n) is 3.93. The fraction of sp³-hybridized carbons (Fsp3) is 0.800. The maximum Gasteiger partial charge on any atom is 0.317 e. The van der Waals surface area contributed by atoms with Crippen molar-refractivity contribution in [2.24, 2.45) is 5.92 Å². The van der Waals surface area contributed by atoms with E-state index in [0.29, 0.717) is 52.2 Å². The molecule has 4 N–H and O–H groups in total. The highest BCUT2D eigenvalue weighted by Gasteiger charge is 2.27. The molecule has 0 bridgehead atoms. The zero-order valence-corrected chi connectivity index (χ0v) is 18.9. The van der Waals surface area contributed by atoms with Crippen molar-refractivity contribution in [3.8, 4) is 0 Å². The Morgan fingerprint density at radius 3 is 1.44 bits per heavy atom. The first-order valence-corrected chi connectivity index (χ1v) is 10.7. The van der Waals surface area contributed by atoms with Gasteiger partial charge in [-0.1, -0.05) is 13.8 Å². The Bertz CT molecular complexity index is 645. The van der Waals surface area contributed by atoms with Gasteiger partial charge in [0.1, 0.15) is 0 Å². The van der Waals surface area contributed by atoms with Crippen LogP contribution in [0.25, 0.3) is 0 Å². The number of hydrogen-bond acceptors (Lipinski definition) is 8. The van der Waals surface area contributed by atoms with E-state index in [-0.39, 0.29) is 38.1 Å². The Hall–Kier alpha value is -2.28. The van der Waals surface area contributed by atoms with Gasteiger partial charge in [0.15, 0.2) is 0 Å².